The predicted molar refractivity (Wildman–Crippen MR) is 112 cm³/mol. The largest absolute Gasteiger partial charge is 0.493 e. The average Bonchev–Trinajstić information content (AvgIpc) is 2.76. The number of non-ortho nitro benzene ring substituents is 1. The molecule has 1 N–H and O–H groups in total. The molecule has 7 nitrogen and oxygen atoms in total. The molecular formula is C22H27N3O4. The number of carbonyl (C=O) groups is 1. The maximum atomic E-state index is 12.5. The van der Waals surface area contributed by atoms with Gasteiger partial charge in [-0.05, 0) is 43.5 Å². The van der Waals surface area contributed by atoms with Crippen LogP contribution in [0.5, 0.6) is 5.75 Å². The normalized spacial score (nSPS) is 16.3. The Hall–Kier alpha value is -3.09. The number of anilines is 1. The summed E-state index contributed by atoms with van der Waals surface area (Å²) in [6.45, 7) is 2.85. The molecule has 29 heavy (non-hydrogen) atoms. The quantitative estimate of drug-likeness (QED) is 0.391. The summed E-state index contributed by atoms with van der Waals surface area (Å²) in [6.07, 6.45) is 3.30. The molecule has 0 aromatic heterocycles. The van der Waals surface area contributed by atoms with E-state index in [1.165, 1.54) is 12.1 Å². The summed E-state index contributed by atoms with van der Waals surface area (Å²) in [5.74, 6) is 1.42. The topological polar surface area (TPSA) is 84.7 Å². The summed E-state index contributed by atoms with van der Waals surface area (Å²) in [5.41, 5.74) is 0.890. The molecule has 1 aliphatic rings. The van der Waals surface area contributed by atoms with Crippen LogP contribution in [0.1, 0.15) is 25.7 Å². The third kappa shape index (κ3) is 6.48. The van der Waals surface area contributed by atoms with E-state index in [1.807, 2.05) is 35.2 Å². The molecule has 1 saturated heterocycles. The smallest absolute Gasteiger partial charge is 0.269 e. The number of nitrogens with one attached hydrogen (secondary N) is 1. The van der Waals surface area contributed by atoms with Gasteiger partial charge in [0, 0.05) is 49.8 Å². The number of para-hydroxylation sites is 1. The summed E-state index contributed by atoms with van der Waals surface area (Å²) in [5, 5.41) is 13.9. The lowest BCUT2D eigenvalue weighted by atomic mass is 9.98. The van der Waals surface area contributed by atoms with Gasteiger partial charge >= 0.3 is 0 Å². The summed E-state index contributed by atoms with van der Waals surface area (Å²) >= 11 is 0. The van der Waals surface area contributed by atoms with Gasteiger partial charge in [-0.15, -0.1) is 0 Å². The van der Waals surface area contributed by atoms with Crippen molar-refractivity contribution in [2.75, 3.05) is 31.6 Å². The van der Waals surface area contributed by atoms with Gasteiger partial charge < -0.3 is 15.0 Å². The molecule has 0 aliphatic carbocycles. The number of carbonyl (C=O) groups excluding carboxylic acids is 1. The van der Waals surface area contributed by atoms with Crippen LogP contribution in [0.15, 0.2) is 54.6 Å². The highest BCUT2D eigenvalue weighted by atomic mass is 16.6. The van der Waals surface area contributed by atoms with E-state index >= 15 is 0 Å². The van der Waals surface area contributed by atoms with Crippen molar-refractivity contribution in [3.63, 3.8) is 0 Å². The first-order valence-corrected chi connectivity index (χ1v) is 10.1. The van der Waals surface area contributed by atoms with E-state index in [1.54, 1.807) is 12.1 Å². The van der Waals surface area contributed by atoms with Crippen LogP contribution in [0, 0.1) is 16.0 Å². The second kappa shape index (κ2) is 10.5. The predicted octanol–water partition coefficient (Wildman–Crippen LogP) is 4.10. The molecule has 0 saturated carbocycles. The molecule has 2 aromatic rings. The lowest BCUT2D eigenvalue weighted by molar-refractivity contribution is -0.384. The van der Waals surface area contributed by atoms with Gasteiger partial charge in [0.1, 0.15) is 5.75 Å². The van der Waals surface area contributed by atoms with Crippen molar-refractivity contribution in [3.05, 3.63) is 64.7 Å². The highest BCUT2D eigenvalue weighted by Crippen LogP contribution is 2.20. The lowest BCUT2D eigenvalue weighted by Gasteiger charge is -2.32. The van der Waals surface area contributed by atoms with E-state index in [-0.39, 0.29) is 11.6 Å². The summed E-state index contributed by atoms with van der Waals surface area (Å²) < 4.78 is 5.85. The number of benzene rings is 2. The van der Waals surface area contributed by atoms with E-state index in [0.29, 0.717) is 25.5 Å². The minimum Gasteiger partial charge on any atom is -0.493 e. The minimum absolute atomic E-state index is 0.0709. The number of piperidine rings is 1. The van der Waals surface area contributed by atoms with Gasteiger partial charge in [-0.3, -0.25) is 14.9 Å². The molecule has 1 fully saturated rings. The summed E-state index contributed by atoms with van der Waals surface area (Å²) in [7, 11) is 0. The second-order valence-electron chi connectivity index (χ2n) is 7.31. The van der Waals surface area contributed by atoms with Crippen molar-refractivity contribution in [2.45, 2.75) is 25.7 Å². The van der Waals surface area contributed by atoms with Gasteiger partial charge in [0.2, 0.25) is 5.91 Å². The number of hydrogen-bond acceptors (Lipinski definition) is 5. The zero-order valence-electron chi connectivity index (χ0n) is 16.5. The fourth-order valence-electron chi connectivity index (χ4n) is 3.49. The molecule has 1 atom stereocenters. The van der Waals surface area contributed by atoms with E-state index in [4.69, 9.17) is 4.74 Å². The van der Waals surface area contributed by atoms with Crippen LogP contribution in [0.25, 0.3) is 0 Å². The van der Waals surface area contributed by atoms with E-state index in [2.05, 4.69) is 5.32 Å². The molecule has 1 amide bonds. The first kappa shape index (κ1) is 20.6. The van der Waals surface area contributed by atoms with Crippen LogP contribution >= 0.6 is 0 Å². The van der Waals surface area contributed by atoms with Crippen LogP contribution in [0.4, 0.5) is 11.4 Å². The lowest BCUT2D eigenvalue weighted by Crippen LogP contribution is -2.41. The van der Waals surface area contributed by atoms with Crippen molar-refractivity contribution in [3.8, 4) is 5.75 Å². The van der Waals surface area contributed by atoms with Crippen LogP contribution in [0.3, 0.4) is 0 Å². The Labute approximate surface area is 170 Å². The number of nitro benzene ring substituents is 1. The molecular weight excluding hydrogens is 370 g/mol. The zero-order valence-corrected chi connectivity index (χ0v) is 16.5. The van der Waals surface area contributed by atoms with E-state index in [9.17, 15) is 14.9 Å². The molecule has 0 radical (unpaired) electrons. The van der Waals surface area contributed by atoms with Gasteiger partial charge in [-0.2, -0.15) is 0 Å². The molecule has 2 aromatic carbocycles. The average molecular weight is 397 g/mol. The first-order chi connectivity index (χ1) is 14.1. The molecule has 1 unspecified atom stereocenters. The number of likely N-dealkylation sites (tertiary alicyclic amines) is 1. The number of ether oxygens (including phenoxy) is 1. The zero-order chi connectivity index (χ0) is 20.5. The van der Waals surface area contributed by atoms with Crippen LogP contribution in [-0.4, -0.2) is 42.0 Å². The van der Waals surface area contributed by atoms with Gasteiger partial charge in [-0.1, -0.05) is 18.2 Å². The Morgan fingerprint density at radius 1 is 1.17 bits per heavy atom. The molecule has 3 rings (SSSR count). The molecule has 1 aliphatic heterocycles. The van der Waals surface area contributed by atoms with Crippen LogP contribution in [-0.2, 0) is 4.79 Å². The highest BCUT2D eigenvalue weighted by molar-refractivity contribution is 5.76. The molecule has 7 heteroatoms. The SMILES string of the molecule is O=C(CCCNc1ccc([N+](=O)[O-])cc1)N1CCCC(COc2ccccc2)C1. The van der Waals surface area contributed by atoms with Crippen molar-refractivity contribution in [1.29, 1.82) is 0 Å². The Balaban J connectivity index is 1.35. The van der Waals surface area contributed by atoms with Gasteiger partial charge in [-0.25, -0.2) is 0 Å². The number of rotatable bonds is 9. The van der Waals surface area contributed by atoms with Crippen molar-refractivity contribution in [2.24, 2.45) is 5.92 Å². The number of amides is 1. The minimum atomic E-state index is -0.417. The third-order valence-corrected chi connectivity index (χ3v) is 5.08. The fourth-order valence-corrected chi connectivity index (χ4v) is 3.49. The van der Waals surface area contributed by atoms with Crippen molar-refractivity contribution in [1.82, 2.24) is 4.90 Å². The van der Waals surface area contributed by atoms with Crippen molar-refractivity contribution < 1.29 is 14.5 Å². The Bertz CT molecular complexity index is 795. The van der Waals surface area contributed by atoms with Gasteiger partial charge in [0.05, 0.1) is 11.5 Å². The molecule has 0 bridgehead atoms. The van der Waals surface area contributed by atoms with Gasteiger partial charge in [0.15, 0.2) is 0 Å². The maximum absolute atomic E-state index is 12.5. The number of nitro groups is 1. The van der Waals surface area contributed by atoms with Gasteiger partial charge in [0.25, 0.3) is 5.69 Å². The Morgan fingerprint density at radius 3 is 2.66 bits per heavy atom. The standard InChI is InChI=1S/C22H27N3O4/c26-22(9-4-14-23-19-10-12-20(13-11-19)25(27)28)24-15-5-6-18(16-24)17-29-21-7-2-1-3-8-21/h1-3,7-8,10-13,18,23H,4-6,9,14-17H2. The third-order valence-electron chi connectivity index (χ3n) is 5.08. The van der Waals surface area contributed by atoms with Crippen LogP contribution < -0.4 is 10.1 Å². The first-order valence-electron chi connectivity index (χ1n) is 10.1. The second-order valence-corrected chi connectivity index (χ2v) is 7.31. The van der Waals surface area contributed by atoms with E-state index < -0.39 is 4.92 Å². The molecule has 0 spiro atoms. The summed E-state index contributed by atoms with van der Waals surface area (Å²) in [6, 6.07) is 16.1. The maximum Gasteiger partial charge on any atom is 0.269 e. The number of nitrogens with zero attached hydrogens (tertiary/aromatic N) is 2. The summed E-state index contributed by atoms with van der Waals surface area (Å²) in [4.78, 5) is 24.7. The highest BCUT2D eigenvalue weighted by Gasteiger charge is 2.23. The number of hydrogen-bond donors (Lipinski definition) is 1. The fraction of sp³-hybridized carbons (Fsp3) is 0.409. The molecule has 1 heterocycles. The van der Waals surface area contributed by atoms with Crippen LogP contribution in [0.2, 0.25) is 0 Å². The van der Waals surface area contributed by atoms with E-state index in [0.717, 1.165) is 43.8 Å². The Kier molecular flexibility index (Phi) is 7.44. The monoisotopic (exact) mass is 397 g/mol. The van der Waals surface area contributed by atoms with Crippen molar-refractivity contribution >= 4 is 17.3 Å². The molecule has 154 valence electrons. The Morgan fingerprint density at radius 2 is 1.93 bits per heavy atom.